The zero-order valence-electron chi connectivity index (χ0n) is 13.9. The Morgan fingerprint density at radius 3 is 2.96 bits per heavy atom. The Hall–Kier alpha value is -2.47. The molecule has 1 aliphatic rings. The van der Waals surface area contributed by atoms with E-state index in [1.807, 2.05) is 12.1 Å². The van der Waals surface area contributed by atoms with Crippen LogP contribution in [0, 0.1) is 0 Å². The first-order valence-electron chi connectivity index (χ1n) is 8.09. The summed E-state index contributed by atoms with van der Waals surface area (Å²) in [7, 11) is 1.73. The number of amides is 1. The molecule has 0 bridgehead atoms. The summed E-state index contributed by atoms with van der Waals surface area (Å²) in [6.07, 6.45) is 3.79. The lowest BCUT2D eigenvalue weighted by atomic mass is 10.0. The molecule has 2 heterocycles. The fourth-order valence-electron chi connectivity index (χ4n) is 3.01. The van der Waals surface area contributed by atoms with Crippen molar-refractivity contribution in [1.82, 2.24) is 15.1 Å². The number of nitrogens with zero attached hydrogens (tertiary/aromatic N) is 2. The lowest BCUT2D eigenvalue weighted by molar-refractivity contribution is 0.0857. The molecule has 0 saturated carbocycles. The summed E-state index contributed by atoms with van der Waals surface area (Å²) < 4.78 is 7.07. The van der Waals surface area contributed by atoms with E-state index in [0.717, 1.165) is 30.6 Å². The van der Waals surface area contributed by atoms with Gasteiger partial charge in [-0.25, -0.2) is 0 Å². The molecule has 24 heavy (non-hydrogen) atoms. The molecule has 1 aliphatic heterocycles. The SMILES string of the molecule is CC(=O)c1c(-c2cccc(C(=O)NC[C@H]3CCCO3)c2)cnn1C. The van der Waals surface area contributed by atoms with Crippen molar-refractivity contribution >= 4 is 11.7 Å². The molecule has 6 heteroatoms. The number of carbonyl (C=O) groups is 2. The van der Waals surface area contributed by atoms with Crippen LogP contribution in [0.15, 0.2) is 30.5 Å². The maximum absolute atomic E-state index is 12.4. The third kappa shape index (κ3) is 3.38. The van der Waals surface area contributed by atoms with Gasteiger partial charge in [0.05, 0.1) is 12.3 Å². The molecule has 0 spiro atoms. The van der Waals surface area contributed by atoms with Gasteiger partial charge in [-0.05, 0) is 30.5 Å². The van der Waals surface area contributed by atoms with Gasteiger partial charge >= 0.3 is 0 Å². The first kappa shape index (κ1) is 16.4. The highest BCUT2D eigenvalue weighted by atomic mass is 16.5. The fourth-order valence-corrected chi connectivity index (χ4v) is 3.01. The molecular formula is C18H21N3O3. The van der Waals surface area contributed by atoms with Crippen LogP contribution in [0.25, 0.3) is 11.1 Å². The van der Waals surface area contributed by atoms with Gasteiger partial charge in [-0.1, -0.05) is 12.1 Å². The molecule has 6 nitrogen and oxygen atoms in total. The monoisotopic (exact) mass is 327 g/mol. The fraction of sp³-hybridized carbons (Fsp3) is 0.389. The molecule has 1 amide bonds. The van der Waals surface area contributed by atoms with Gasteiger partial charge in [0.1, 0.15) is 5.69 Å². The molecule has 1 N–H and O–H groups in total. The summed E-state index contributed by atoms with van der Waals surface area (Å²) in [6, 6.07) is 7.24. The maximum Gasteiger partial charge on any atom is 0.251 e. The quantitative estimate of drug-likeness (QED) is 0.855. The molecule has 126 valence electrons. The molecule has 0 unspecified atom stereocenters. The van der Waals surface area contributed by atoms with Gasteiger partial charge in [-0.2, -0.15) is 5.10 Å². The standard InChI is InChI=1S/C18H21N3O3/c1-12(22)17-16(11-20-21(17)2)13-5-3-6-14(9-13)18(23)19-10-15-7-4-8-24-15/h3,5-6,9,11,15H,4,7-8,10H2,1-2H3,(H,19,23)/t15-/m1/s1. The third-order valence-electron chi connectivity index (χ3n) is 4.22. The maximum atomic E-state index is 12.4. The van der Waals surface area contributed by atoms with Crippen LogP contribution in [-0.2, 0) is 11.8 Å². The molecular weight excluding hydrogens is 306 g/mol. The number of aromatic nitrogens is 2. The lowest BCUT2D eigenvalue weighted by Crippen LogP contribution is -2.31. The highest BCUT2D eigenvalue weighted by Gasteiger charge is 2.18. The van der Waals surface area contributed by atoms with Crippen molar-refractivity contribution in [3.63, 3.8) is 0 Å². The zero-order chi connectivity index (χ0) is 17.1. The van der Waals surface area contributed by atoms with Crippen molar-refractivity contribution < 1.29 is 14.3 Å². The Balaban J connectivity index is 1.79. The molecule has 1 fully saturated rings. The second-order valence-electron chi connectivity index (χ2n) is 6.01. The number of hydrogen-bond acceptors (Lipinski definition) is 4. The minimum absolute atomic E-state index is 0.0572. The topological polar surface area (TPSA) is 73.2 Å². The summed E-state index contributed by atoms with van der Waals surface area (Å²) in [5.74, 6) is -0.196. The number of aryl methyl sites for hydroxylation is 1. The van der Waals surface area contributed by atoms with Gasteiger partial charge in [-0.15, -0.1) is 0 Å². The van der Waals surface area contributed by atoms with E-state index < -0.39 is 0 Å². The Bertz CT molecular complexity index is 761. The molecule has 2 aromatic rings. The number of rotatable bonds is 5. The van der Waals surface area contributed by atoms with Crippen LogP contribution < -0.4 is 5.32 Å². The number of hydrogen-bond donors (Lipinski definition) is 1. The summed E-state index contributed by atoms with van der Waals surface area (Å²) in [6.45, 7) is 2.80. The lowest BCUT2D eigenvalue weighted by Gasteiger charge is -2.11. The first-order chi connectivity index (χ1) is 11.6. The van der Waals surface area contributed by atoms with Crippen LogP contribution in [0.1, 0.15) is 40.6 Å². The highest BCUT2D eigenvalue weighted by molar-refractivity contribution is 6.00. The number of nitrogens with one attached hydrogen (secondary N) is 1. The van der Waals surface area contributed by atoms with E-state index in [2.05, 4.69) is 10.4 Å². The predicted octanol–water partition coefficient (Wildman–Crippen LogP) is 2.20. The molecule has 0 aliphatic carbocycles. The average molecular weight is 327 g/mol. The third-order valence-corrected chi connectivity index (χ3v) is 4.22. The van der Waals surface area contributed by atoms with Crippen LogP contribution in [0.4, 0.5) is 0 Å². The first-order valence-corrected chi connectivity index (χ1v) is 8.09. The van der Waals surface area contributed by atoms with Gasteiger partial charge in [0.15, 0.2) is 5.78 Å². The van der Waals surface area contributed by atoms with Crippen LogP contribution in [0.2, 0.25) is 0 Å². The zero-order valence-corrected chi connectivity index (χ0v) is 13.9. The van der Waals surface area contributed by atoms with Crippen molar-refractivity contribution in [2.45, 2.75) is 25.9 Å². The second-order valence-corrected chi connectivity index (χ2v) is 6.01. The largest absolute Gasteiger partial charge is 0.376 e. The van der Waals surface area contributed by atoms with Crippen molar-refractivity contribution in [2.24, 2.45) is 7.05 Å². The van der Waals surface area contributed by atoms with E-state index in [1.165, 1.54) is 6.92 Å². The van der Waals surface area contributed by atoms with Gasteiger partial charge in [0.2, 0.25) is 0 Å². The van der Waals surface area contributed by atoms with Gasteiger partial charge < -0.3 is 10.1 Å². The average Bonchev–Trinajstić information content (AvgIpc) is 3.22. The van der Waals surface area contributed by atoms with E-state index in [1.54, 1.807) is 30.1 Å². The van der Waals surface area contributed by atoms with Crippen LogP contribution in [-0.4, -0.2) is 40.7 Å². The summed E-state index contributed by atoms with van der Waals surface area (Å²) >= 11 is 0. The molecule has 1 aromatic carbocycles. The molecule has 1 aromatic heterocycles. The minimum Gasteiger partial charge on any atom is -0.376 e. The van der Waals surface area contributed by atoms with Crippen molar-refractivity contribution in [1.29, 1.82) is 0 Å². The predicted molar refractivity (Wildman–Crippen MR) is 90.0 cm³/mol. The molecule has 3 rings (SSSR count). The smallest absolute Gasteiger partial charge is 0.251 e. The number of benzene rings is 1. The number of ketones is 1. The normalized spacial score (nSPS) is 17.0. The van der Waals surface area contributed by atoms with Crippen molar-refractivity contribution in [3.05, 3.63) is 41.7 Å². The molecule has 1 saturated heterocycles. The van der Waals surface area contributed by atoms with Crippen LogP contribution >= 0.6 is 0 Å². The Morgan fingerprint density at radius 2 is 2.25 bits per heavy atom. The highest BCUT2D eigenvalue weighted by Crippen LogP contribution is 2.24. The Labute approximate surface area is 140 Å². The van der Waals surface area contributed by atoms with E-state index in [-0.39, 0.29) is 17.8 Å². The Morgan fingerprint density at radius 1 is 1.42 bits per heavy atom. The van der Waals surface area contributed by atoms with Crippen molar-refractivity contribution in [3.8, 4) is 11.1 Å². The van der Waals surface area contributed by atoms with Crippen LogP contribution in [0.5, 0.6) is 0 Å². The van der Waals surface area contributed by atoms with Gasteiger partial charge in [-0.3, -0.25) is 14.3 Å². The number of ether oxygens (including phenoxy) is 1. The summed E-state index contributed by atoms with van der Waals surface area (Å²) in [4.78, 5) is 24.2. The van der Waals surface area contributed by atoms with E-state index in [4.69, 9.17) is 4.74 Å². The second kappa shape index (κ2) is 6.97. The van der Waals surface area contributed by atoms with Crippen molar-refractivity contribution in [2.75, 3.05) is 13.2 Å². The summed E-state index contributed by atoms with van der Waals surface area (Å²) in [5.41, 5.74) is 2.63. The minimum atomic E-state index is -0.138. The molecule has 0 radical (unpaired) electrons. The molecule has 1 atom stereocenters. The van der Waals surface area contributed by atoms with E-state index in [9.17, 15) is 9.59 Å². The van der Waals surface area contributed by atoms with E-state index >= 15 is 0 Å². The van der Waals surface area contributed by atoms with Gasteiger partial charge in [0, 0.05) is 38.2 Å². The summed E-state index contributed by atoms with van der Waals surface area (Å²) in [5, 5.41) is 7.07. The van der Waals surface area contributed by atoms with Gasteiger partial charge in [0.25, 0.3) is 5.91 Å². The van der Waals surface area contributed by atoms with Crippen LogP contribution in [0.3, 0.4) is 0 Å². The van der Waals surface area contributed by atoms with E-state index in [0.29, 0.717) is 17.8 Å². The number of carbonyl (C=O) groups excluding carboxylic acids is 2. The Kier molecular flexibility index (Phi) is 4.76. The number of Topliss-reactive ketones (excluding diaryl/α,β-unsaturated/α-hetero) is 1.